The van der Waals surface area contributed by atoms with Crippen molar-refractivity contribution in [2.24, 2.45) is 5.92 Å². The van der Waals surface area contributed by atoms with Gasteiger partial charge in [0.2, 0.25) is 5.91 Å². The highest BCUT2D eigenvalue weighted by Gasteiger charge is 2.57. The van der Waals surface area contributed by atoms with Crippen LogP contribution in [-0.4, -0.2) is 29.6 Å². The molecule has 1 aromatic rings. The van der Waals surface area contributed by atoms with Crippen LogP contribution in [0.15, 0.2) is 24.3 Å². The summed E-state index contributed by atoms with van der Waals surface area (Å²) in [6, 6.07) is 7.39. The third-order valence-electron chi connectivity index (χ3n) is 4.82. The molecule has 0 unspecified atom stereocenters. The second-order valence-corrected chi connectivity index (χ2v) is 5.92. The van der Waals surface area contributed by atoms with Gasteiger partial charge in [-0.2, -0.15) is 0 Å². The smallest absolute Gasteiger partial charge is 0.316 e. The molecule has 0 radical (unpaired) electrons. The van der Waals surface area contributed by atoms with Crippen LogP contribution in [0.4, 0.5) is 0 Å². The van der Waals surface area contributed by atoms with Crippen LogP contribution < -0.4 is 10.1 Å². The molecule has 1 spiro atoms. The standard InChI is InChI=1S/C16H19NO4/c1-21-11-6-4-10(5-7-11)13-12(15(19)20)14(18)17-16(13)8-2-3-9-16/h4-7,12-13H,2-3,8-9H2,1H3,(H,17,18)(H,19,20)/t12-,13-/m1/s1. The first-order chi connectivity index (χ1) is 10.1. The number of ether oxygens (including phenoxy) is 1. The lowest BCUT2D eigenvalue weighted by molar-refractivity contribution is -0.145. The normalized spacial score (nSPS) is 26.8. The molecule has 1 aliphatic carbocycles. The molecule has 0 aromatic heterocycles. The molecular weight excluding hydrogens is 270 g/mol. The maximum absolute atomic E-state index is 12.2. The number of carbonyl (C=O) groups is 2. The van der Waals surface area contributed by atoms with Crippen LogP contribution in [0.5, 0.6) is 5.75 Å². The van der Waals surface area contributed by atoms with Crippen LogP contribution in [-0.2, 0) is 9.59 Å². The summed E-state index contributed by atoms with van der Waals surface area (Å²) in [5, 5.41) is 12.5. The van der Waals surface area contributed by atoms with E-state index in [0.29, 0.717) is 0 Å². The molecule has 1 aliphatic heterocycles. The topological polar surface area (TPSA) is 75.6 Å². The number of carboxylic acids is 1. The van der Waals surface area contributed by atoms with Crippen molar-refractivity contribution < 1.29 is 19.4 Å². The SMILES string of the molecule is COc1ccc([C@@H]2[C@@H](C(=O)O)C(=O)NC23CCCC3)cc1. The number of hydrogen-bond acceptors (Lipinski definition) is 3. The monoisotopic (exact) mass is 289 g/mol. The minimum atomic E-state index is -1.04. The largest absolute Gasteiger partial charge is 0.497 e. The Labute approximate surface area is 123 Å². The summed E-state index contributed by atoms with van der Waals surface area (Å²) < 4.78 is 5.15. The van der Waals surface area contributed by atoms with E-state index in [4.69, 9.17) is 4.74 Å². The van der Waals surface area contributed by atoms with Gasteiger partial charge in [-0.1, -0.05) is 25.0 Å². The zero-order valence-electron chi connectivity index (χ0n) is 12.0. The molecule has 0 bridgehead atoms. The lowest BCUT2D eigenvalue weighted by Crippen LogP contribution is -2.42. The van der Waals surface area contributed by atoms with E-state index in [1.54, 1.807) is 7.11 Å². The van der Waals surface area contributed by atoms with Crippen molar-refractivity contribution in [3.8, 4) is 5.75 Å². The average molecular weight is 289 g/mol. The molecule has 1 saturated carbocycles. The van der Waals surface area contributed by atoms with Crippen molar-refractivity contribution in [2.75, 3.05) is 7.11 Å². The summed E-state index contributed by atoms with van der Waals surface area (Å²) in [6.45, 7) is 0. The molecule has 21 heavy (non-hydrogen) atoms. The van der Waals surface area contributed by atoms with Gasteiger partial charge < -0.3 is 15.2 Å². The molecule has 2 aliphatic rings. The highest BCUT2D eigenvalue weighted by Crippen LogP contribution is 2.49. The molecule has 2 atom stereocenters. The summed E-state index contributed by atoms with van der Waals surface area (Å²) >= 11 is 0. The first kappa shape index (κ1) is 13.9. The predicted octanol–water partition coefficient (Wildman–Crippen LogP) is 1.92. The Balaban J connectivity index is 2.03. The minimum Gasteiger partial charge on any atom is -0.497 e. The molecule has 1 aromatic carbocycles. The van der Waals surface area contributed by atoms with E-state index in [1.165, 1.54) is 0 Å². The quantitative estimate of drug-likeness (QED) is 0.834. The molecule has 1 saturated heterocycles. The molecule has 2 fully saturated rings. The Morgan fingerprint density at radius 1 is 1.29 bits per heavy atom. The Bertz CT molecular complexity index is 560. The molecule has 112 valence electrons. The van der Waals surface area contributed by atoms with Gasteiger partial charge in [0, 0.05) is 11.5 Å². The van der Waals surface area contributed by atoms with Crippen molar-refractivity contribution in [1.29, 1.82) is 0 Å². The highest BCUT2D eigenvalue weighted by molar-refractivity contribution is 6.01. The minimum absolute atomic E-state index is 0.309. The molecule has 3 rings (SSSR count). The van der Waals surface area contributed by atoms with Gasteiger partial charge in [-0.15, -0.1) is 0 Å². The van der Waals surface area contributed by atoms with Gasteiger partial charge in [0.1, 0.15) is 11.7 Å². The predicted molar refractivity (Wildman–Crippen MR) is 76.2 cm³/mol. The van der Waals surface area contributed by atoms with E-state index in [-0.39, 0.29) is 11.8 Å². The Morgan fingerprint density at radius 2 is 1.90 bits per heavy atom. The van der Waals surface area contributed by atoms with Gasteiger partial charge in [0.15, 0.2) is 0 Å². The van der Waals surface area contributed by atoms with Crippen LogP contribution in [0.1, 0.15) is 37.2 Å². The van der Waals surface area contributed by atoms with Crippen LogP contribution in [0.2, 0.25) is 0 Å². The maximum Gasteiger partial charge on any atom is 0.316 e. The number of hydrogen-bond donors (Lipinski definition) is 2. The maximum atomic E-state index is 12.2. The highest BCUT2D eigenvalue weighted by atomic mass is 16.5. The summed E-state index contributed by atoms with van der Waals surface area (Å²) in [5.74, 6) is -1.99. The molecule has 1 heterocycles. The van der Waals surface area contributed by atoms with E-state index in [9.17, 15) is 14.7 Å². The summed E-state index contributed by atoms with van der Waals surface area (Å²) in [6.07, 6.45) is 3.75. The fourth-order valence-corrected chi connectivity index (χ4v) is 3.89. The van der Waals surface area contributed by atoms with Crippen molar-refractivity contribution >= 4 is 11.9 Å². The van der Waals surface area contributed by atoms with Crippen molar-refractivity contribution in [2.45, 2.75) is 37.1 Å². The van der Waals surface area contributed by atoms with E-state index in [0.717, 1.165) is 37.0 Å². The number of aliphatic carboxylic acids is 1. The van der Waals surface area contributed by atoms with E-state index in [2.05, 4.69) is 5.32 Å². The summed E-state index contributed by atoms with van der Waals surface area (Å²) in [4.78, 5) is 23.7. The number of benzene rings is 1. The zero-order chi connectivity index (χ0) is 15.0. The zero-order valence-corrected chi connectivity index (χ0v) is 12.0. The molecular formula is C16H19NO4. The number of methoxy groups -OCH3 is 1. The first-order valence-corrected chi connectivity index (χ1v) is 7.26. The van der Waals surface area contributed by atoms with Gasteiger partial charge in [-0.25, -0.2) is 0 Å². The van der Waals surface area contributed by atoms with Gasteiger partial charge >= 0.3 is 5.97 Å². The number of carbonyl (C=O) groups excluding carboxylic acids is 1. The molecule has 1 amide bonds. The average Bonchev–Trinajstić information content (AvgIpc) is 3.04. The summed E-state index contributed by atoms with van der Waals surface area (Å²) in [5.41, 5.74) is 0.498. The number of amides is 1. The van der Waals surface area contributed by atoms with Crippen molar-refractivity contribution in [3.63, 3.8) is 0 Å². The first-order valence-electron chi connectivity index (χ1n) is 7.26. The third kappa shape index (κ3) is 2.17. The fourth-order valence-electron chi connectivity index (χ4n) is 3.89. The van der Waals surface area contributed by atoms with Crippen molar-refractivity contribution in [1.82, 2.24) is 5.32 Å². The fraction of sp³-hybridized carbons (Fsp3) is 0.500. The second kappa shape index (κ2) is 5.06. The Hall–Kier alpha value is -2.04. The molecule has 5 heteroatoms. The molecule has 5 nitrogen and oxygen atoms in total. The van der Waals surface area contributed by atoms with Crippen LogP contribution >= 0.6 is 0 Å². The van der Waals surface area contributed by atoms with Crippen LogP contribution in [0.3, 0.4) is 0 Å². The Kier molecular flexibility index (Phi) is 3.35. The van der Waals surface area contributed by atoms with Gasteiger partial charge in [0.25, 0.3) is 0 Å². The lowest BCUT2D eigenvalue weighted by Gasteiger charge is -2.32. The number of nitrogens with one attached hydrogen (secondary N) is 1. The number of carboxylic acid groups (broad SMARTS) is 1. The van der Waals surface area contributed by atoms with Gasteiger partial charge in [-0.05, 0) is 30.5 Å². The second-order valence-electron chi connectivity index (χ2n) is 5.92. The van der Waals surface area contributed by atoms with Crippen LogP contribution in [0, 0.1) is 5.92 Å². The van der Waals surface area contributed by atoms with Gasteiger partial charge in [-0.3, -0.25) is 9.59 Å². The van der Waals surface area contributed by atoms with E-state index < -0.39 is 17.4 Å². The van der Waals surface area contributed by atoms with Crippen molar-refractivity contribution in [3.05, 3.63) is 29.8 Å². The number of rotatable bonds is 3. The molecule has 2 N–H and O–H groups in total. The van der Waals surface area contributed by atoms with E-state index in [1.807, 2.05) is 24.3 Å². The summed E-state index contributed by atoms with van der Waals surface area (Å²) in [7, 11) is 1.59. The van der Waals surface area contributed by atoms with E-state index >= 15 is 0 Å². The lowest BCUT2D eigenvalue weighted by atomic mass is 9.74. The van der Waals surface area contributed by atoms with Crippen LogP contribution in [0.25, 0.3) is 0 Å². The third-order valence-corrected chi connectivity index (χ3v) is 4.82. The Morgan fingerprint density at radius 3 is 2.43 bits per heavy atom. The van der Waals surface area contributed by atoms with Gasteiger partial charge in [0.05, 0.1) is 7.11 Å².